The molecule has 3 N–H and O–H groups in total. The van der Waals surface area contributed by atoms with Crippen LogP contribution in [0.5, 0.6) is 5.75 Å². The normalized spacial score (nSPS) is 9.24. The lowest BCUT2D eigenvalue weighted by molar-refractivity contribution is 0.0693. The molecule has 17 heavy (non-hydrogen) atoms. The zero-order valence-corrected chi connectivity index (χ0v) is 11.2. The summed E-state index contributed by atoms with van der Waals surface area (Å²) in [6, 6.07) is 2.46. The van der Waals surface area contributed by atoms with Gasteiger partial charge in [-0.05, 0) is 18.2 Å². The van der Waals surface area contributed by atoms with E-state index in [1.54, 1.807) is 0 Å². The molecule has 10 heteroatoms. The first-order valence-corrected chi connectivity index (χ1v) is 4.80. The fourth-order valence-electron chi connectivity index (χ4n) is 0.847. The van der Waals surface area contributed by atoms with E-state index in [0.717, 1.165) is 12.1 Å². The Morgan fingerprint density at radius 2 is 1.59 bits per heavy atom. The first-order chi connectivity index (χ1) is 6.32. The summed E-state index contributed by atoms with van der Waals surface area (Å²) in [6.07, 6.45) is 0. The molecule has 0 aliphatic rings. The molecule has 100 valence electrons. The number of phenols is 1. The number of carboxylic acid groups (broad SMARTS) is 1. The van der Waals surface area contributed by atoms with E-state index in [2.05, 4.69) is 0 Å². The van der Waals surface area contributed by atoms with Crippen LogP contribution in [0.25, 0.3) is 0 Å². The van der Waals surface area contributed by atoms with Gasteiger partial charge in [-0.1, -0.05) is 0 Å². The standard InChI is InChI=1S/C7H6O6S.3ClH/c8-6-2-1-4(14(11,12)13)3-5(6)7(9)10;;;/h1-3,8H,(H,9,10)(H,11,12,13);3*1H. The fourth-order valence-corrected chi connectivity index (χ4v) is 1.35. The molecule has 1 rings (SSSR count). The third-order valence-corrected chi connectivity index (χ3v) is 2.35. The second kappa shape index (κ2) is 7.57. The van der Waals surface area contributed by atoms with Crippen molar-refractivity contribution in [3.8, 4) is 5.75 Å². The van der Waals surface area contributed by atoms with Gasteiger partial charge in [-0.25, -0.2) is 4.79 Å². The highest BCUT2D eigenvalue weighted by molar-refractivity contribution is 7.85. The number of hydrogen-bond acceptors (Lipinski definition) is 4. The Labute approximate surface area is 116 Å². The number of halogens is 3. The zero-order valence-electron chi connectivity index (χ0n) is 7.93. The van der Waals surface area contributed by atoms with Crippen molar-refractivity contribution < 1.29 is 28.0 Å². The van der Waals surface area contributed by atoms with Crippen molar-refractivity contribution in [1.29, 1.82) is 0 Å². The summed E-state index contributed by atoms with van der Waals surface area (Å²) in [5, 5.41) is 17.5. The van der Waals surface area contributed by atoms with Gasteiger partial charge in [-0.3, -0.25) is 4.55 Å². The van der Waals surface area contributed by atoms with Crippen LogP contribution >= 0.6 is 37.2 Å². The van der Waals surface area contributed by atoms with Gasteiger partial charge in [0.15, 0.2) is 0 Å². The molecule has 0 amide bonds. The number of carbonyl (C=O) groups is 1. The van der Waals surface area contributed by atoms with Crippen LogP contribution in [-0.4, -0.2) is 29.2 Å². The number of carboxylic acids is 1. The van der Waals surface area contributed by atoms with E-state index in [0.29, 0.717) is 6.07 Å². The lowest BCUT2D eigenvalue weighted by Gasteiger charge is -2.01. The van der Waals surface area contributed by atoms with E-state index in [4.69, 9.17) is 14.8 Å². The molecule has 0 fully saturated rings. The maximum absolute atomic E-state index is 10.6. The average Bonchev–Trinajstić information content (AvgIpc) is 2.02. The van der Waals surface area contributed by atoms with E-state index < -0.39 is 32.3 Å². The van der Waals surface area contributed by atoms with Crippen molar-refractivity contribution >= 4 is 53.3 Å². The maximum atomic E-state index is 10.6. The first-order valence-electron chi connectivity index (χ1n) is 3.36. The smallest absolute Gasteiger partial charge is 0.339 e. The first kappa shape index (κ1) is 21.5. The van der Waals surface area contributed by atoms with Crippen LogP contribution in [0.4, 0.5) is 0 Å². The highest BCUT2D eigenvalue weighted by Crippen LogP contribution is 2.20. The van der Waals surface area contributed by atoms with Crippen molar-refractivity contribution in [1.82, 2.24) is 0 Å². The highest BCUT2D eigenvalue weighted by atomic mass is 35.5. The second-order valence-electron chi connectivity index (χ2n) is 2.46. The van der Waals surface area contributed by atoms with E-state index in [9.17, 15) is 13.2 Å². The van der Waals surface area contributed by atoms with Crippen molar-refractivity contribution in [3.05, 3.63) is 23.8 Å². The largest absolute Gasteiger partial charge is 0.507 e. The molecule has 6 nitrogen and oxygen atoms in total. The zero-order chi connectivity index (χ0) is 10.9. The Kier molecular flexibility index (Phi) is 9.59. The number of aromatic carboxylic acids is 1. The predicted molar refractivity (Wildman–Crippen MR) is 66.6 cm³/mol. The van der Waals surface area contributed by atoms with Crippen molar-refractivity contribution in [3.63, 3.8) is 0 Å². The Bertz CT molecular complexity index is 486. The van der Waals surface area contributed by atoms with Crippen molar-refractivity contribution in [2.45, 2.75) is 4.90 Å². The molecule has 0 spiro atoms. The van der Waals surface area contributed by atoms with Gasteiger partial charge in [0.2, 0.25) is 0 Å². The summed E-state index contributed by atoms with van der Waals surface area (Å²) in [4.78, 5) is 9.89. The monoisotopic (exact) mass is 326 g/mol. The number of hydrogen-bond donors (Lipinski definition) is 3. The molecule has 0 heterocycles. The third-order valence-electron chi connectivity index (χ3n) is 1.50. The van der Waals surface area contributed by atoms with Crippen LogP contribution in [0.2, 0.25) is 0 Å². The van der Waals surface area contributed by atoms with E-state index in [1.807, 2.05) is 0 Å². The average molecular weight is 328 g/mol. The summed E-state index contributed by atoms with van der Waals surface area (Å²) in [5.41, 5.74) is -0.583. The summed E-state index contributed by atoms with van der Waals surface area (Å²) in [7, 11) is -4.45. The van der Waals surface area contributed by atoms with Gasteiger partial charge in [-0.2, -0.15) is 8.42 Å². The summed E-state index contributed by atoms with van der Waals surface area (Å²) >= 11 is 0. The minimum absolute atomic E-state index is 0. The van der Waals surface area contributed by atoms with Gasteiger partial charge in [-0.15, -0.1) is 37.2 Å². The van der Waals surface area contributed by atoms with Gasteiger partial charge >= 0.3 is 5.97 Å². The second-order valence-corrected chi connectivity index (χ2v) is 3.88. The summed E-state index contributed by atoms with van der Waals surface area (Å²) in [5.74, 6) is -2.04. The molecule has 0 bridgehead atoms. The quantitative estimate of drug-likeness (QED) is 0.711. The predicted octanol–water partition coefficient (Wildman–Crippen LogP) is 1.60. The highest BCUT2D eigenvalue weighted by Gasteiger charge is 2.15. The Morgan fingerprint density at radius 1 is 1.12 bits per heavy atom. The minimum atomic E-state index is -4.45. The van der Waals surface area contributed by atoms with Crippen LogP contribution in [0.1, 0.15) is 10.4 Å². The molecule has 0 saturated carbocycles. The number of aromatic hydroxyl groups is 1. The van der Waals surface area contributed by atoms with Crippen LogP contribution in [0, 0.1) is 0 Å². The Hall–Kier alpha value is -0.730. The molecule has 1 aromatic carbocycles. The summed E-state index contributed by atoms with van der Waals surface area (Å²) in [6.45, 7) is 0. The molecule has 0 unspecified atom stereocenters. The Balaban J connectivity index is -0.000000653. The lowest BCUT2D eigenvalue weighted by atomic mass is 10.2. The van der Waals surface area contributed by atoms with Crippen LogP contribution in [0.3, 0.4) is 0 Å². The third kappa shape index (κ3) is 5.42. The van der Waals surface area contributed by atoms with Crippen molar-refractivity contribution in [2.24, 2.45) is 0 Å². The molecule has 1 aromatic rings. The number of benzene rings is 1. The summed E-state index contributed by atoms with van der Waals surface area (Å²) < 4.78 is 29.8. The van der Waals surface area contributed by atoms with Gasteiger partial charge in [0.25, 0.3) is 10.1 Å². The maximum Gasteiger partial charge on any atom is 0.339 e. The lowest BCUT2D eigenvalue weighted by Crippen LogP contribution is -2.02. The minimum Gasteiger partial charge on any atom is -0.507 e. The van der Waals surface area contributed by atoms with Gasteiger partial charge in [0, 0.05) is 0 Å². The molecule has 0 saturated heterocycles. The molecule has 0 aromatic heterocycles. The van der Waals surface area contributed by atoms with Crippen LogP contribution in [0.15, 0.2) is 23.1 Å². The van der Waals surface area contributed by atoms with E-state index >= 15 is 0 Å². The van der Waals surface area contributed by atoms with Gasteiger partial charge in [0.05, 0.1) is 4.90 Å². The van der Waals surface area contributed by atoms with E-state index in [-0.39, 0.29) is 37.2 Å². The van der Waals surface area contributed by atoms with Gasteiger partial charge in [0.1, 0.15) is 11.3 Å². The van der Waals surface area contributed by atoms with E-state index in [1.165, 1.54) is 0 Å². The van der Waals surface area contributed by atoms with Crippen LogP contribution in [-0.2, 0) is 10.1 Å². The SMILES string of the molecule is Cl.Cl.Cl.O=C(O)c1cc(S(=O)(=O)O)ccc1O. The Morgan fingerprint density at radius 3 is 1.94 bits per heavy atom. The molecule has 0 atom stereocenters. The molecular weight excluding hydrogens is 318 g/mol. The number of rotatable bonds is 2. The molecule has 0 aliphatic heterocycles. The molecule has 0 radical (unpaired) electrons. The molecule has 0 aliphatic carbocycles. The van der Waals surface area contributed by atoms with Gasteiger partial charge < -0.3 is 10.2 Å². The molecular formula is C7H9Cl3O6S. The topological polar surface area (TPSA) is 112 Å². The fraction of sp³-hybridized carbons (Fsp3) is 0. The van der Waals surface area contributed by atoms with Crippen molar-refractivity contribution in [2.75, 3.05) is 0 Å². The van der Waals surface area contributed by atoms with Crippen LogP contribution < -0.4 is 0 Å².